The van der Waals surface area contributed by atoms with Crippen molar-refractivity contribution in [3.8, 4) is 0 Å². The van der Waals surface area contributed by atoms with E-state index in [9.17, 15) is 27.6 Å². The summed E-state index contributed by atoms with van der Waals surface area (Å²) in [6.45, 7) is 4.14. The molecule has 1 fully saturated rings. The van der Waals surface area contributed by atoms with E-state index < -0.39 is 23.8 Å². The fourth-order valence-electron chi connectivity index (χ4n) is 5.06. The molecule has 1 aliphatic carbocycles. The summed E-state index contributed by atoms with van der Waals surface area (Å²) < 4.78 is 44.5. The van der Waals surface area contributed by atoms with E-state index >= 15 is 0 Å². The molecule has 2 N–H and O–H groups in total. The number of urea groups is 1. The molecule has 4 rings (SSSR count). The van der Waals surface area contributed by atoms with E-state index in [1.54, 1.807) is 6.07 Å². The molecule has 2 heterocycles. The summed E-state index contributed by atoms with van der Waals surface area (Å²) in [5.74, 6) is -0.395. The fourth-order valence-corrected chi connectivity index (χ4v) is 5.06. The van der Waals surface area contributed by atoms with Crippen molar-refractivity contribution in [2.24, 2.45) is 5.92 Å². The molecule has 2 aliphatic rings. The van der Waals surface area contributed by atoms with Crippen molar-refractivity contribution in [3.05, 3.63) is 52.7 Å². The van der Waals surface area contributed by atoms with Gasteiger partial charge in [-0.2, -0.15) is 13.2 Å². The number of unbranched alkanes of at least 4 members (excludes halogenated alkanes) is 1. The van der Waals surface area contributed by atoms with Gasteiger partial charge in [0.25, 0.3) is 0 Å². The molecule has 1 aromatic heterocycles. The maximum absolute atomic E-state index is 13.1. The molecule has 210 valence electrons. The van der Waals surface area contributed by atoms with Gasteiger partial charge in [-0.05, 0) is 80.8 Å². The van der Waals surface area contributed by atoms with Crippen LogP contribution in [0, 0.1) is 12.8 Å². The van der Waals surface area contributed by atoms with Gasteiger partial charge in [0, 0.05) is 17.9 Å². The number of hydrogen-bond acceptors (Lipinski definition) is 5. The van der Waals surface area contributed by atoms with Crippen LogP contribution in [0.2, 0.25) is 0 Å². The molecule has 3 amide bonds. The molecule has 0 saturated carbocycles. The van der Waals surface area contributed by atoms with Gasteiger partial charge in [0.2, 0.25) is 5.91 Å². The van der Waals surface area contributed by atoms with Crippen molar-refractivity contribution in [2.45, 2.75) is 71.0 Å². The van der Waals surface area contributed by atoms with Crippen LogP contribution < -0.4 is 10.6 Å². The second kappa shape index (κ2) is 12.0. The first-order valence-corrected chi connectivity index (χ1v) is 13.3. The lowest BCUT2D eigenvalue weighted by atomic mass is 9.86. The molecule has 0 spiro atoms. The van der Waals surface area contributed by atoms with Crippen molar-refractivity contribution >= 4 is 29.4 Å². The number of likely N-dealkylation sites (tertiary alicyclic amines) is 1. The number of anilines is 2. The van der Waals surface area contributed by atoms with Crippen LogP contribution in [-0.4, -0.2) is 47.0 Å². The molecule has 2 atom stereocenters. The first kappa shape index (κ1) is 28.4. The SMILES string of the molecule is CCCCOC(=O)C1CCc2nc(NC(=O)[C@H]3CCCN3C(=O)Nc3ccc(C(F)(F)F)c(C)c3)ccc2C1. The number of nitrogens with one attached hydrogen (secondary N) is 2. The predicted octanol–water partition coefficient (Wildman–Crippen LogP) is 5.49. The van der Waals surface area contributed by atoms with Crippen molar-refractivity contribution in [1.29, 1.82) is 0 Å². The minimum atomic E-state index is -4.47. The minimum absolute atomic E-state index is 0.00537. The van der Waals surface area contributed by atoms with E-state index in [2.05, 4.69) is 15.6 Å². The van der Waals surface area contributed by atoms with Crippen LogP contribution in [0.3, 0.4) is 0 Å². The van der Waals surface area contributed by atoms with E-state index in [0.29, 0.717) is 51.1 Å². The van der Waals surface area contributed by atoms with Gasteiger partial charge in [-0.1, -0.05) is 19.4 Å². The number of nitrogens with zero attached hydrogens (tertiary/aromatic N) is 2. The van der Waals surface area contributed by atoms with Crippen LogP contribution in [0.15, 0.2) is 30.3 Å². The maximum atomic E-state index is 13.1. The highest BCUT2D eigenvalue weighted by Gasteiger charge is 2.36. The van der Waals surface area contributed by atoms with E-state index in [1.807, 2.05) is 13.0 Å². The zero-order valence-electron chi connectivity index (χ0n) is 22.1. The largest absolute Gasteiger partial charge is 0.465 e. The fraction of sp³-hybridized carbons (Fsp3) is 0.500. The quantitative estimate of drug-likeness (QED) is 0.353. The summed E-state index contributed by atoms with van der Waals surface area (Å²) in [6, 6.07) is 5.64. The number of rotatable bonds is 7. The second-order valence-electron chi connectivity index (χ2n) is 10.1. The number of amides is 3. The lowest BCUT2D eigenvalue weighted by Gasteiger charge is -2.25. The average molecular weight is 547 g/mol. The molecule has 0 radical (unpaired) electrons. The monoisotopic (exact) mass is 546 g/mol. The molecule has 1 saturated heterocycles. The Morgan fingerprint density at radius 2 is 1.92 bits per heavy atom. The minimum Gasteiger partial charge on any atom is -0.465 e. The Hall–Kier alpha value is -3.63. The lowest BCUT2D eigenvalue weighted by Crippen LogP contribution is -2.45. The number of hydrogen-bond donors (Lipinski definition) is 2. The van der Waals surface area contributed by atoms with E-state index in [0.717, 1.165) is 30.2 Å². The second-order valence-corrected chi connectivity index (χ2v) is 10.1. The zero-order valence-corrected chi connectivity index (χ0v) is 22.1. The summed E-state index contributed by atoms with van der Waals surface area (Å²) in [5, 5.41) is 5.40. The maximum Gasteiger partial charge on any atom is 0.416 e. The molecule has 39 heavy (non-hydrogen) atoms. The smallest absolute Gasteiger partial charge is 0.416 e. The number of fused-ring (bicyclic) bond motifs is 1. The van der Waals surface area contributed by atoms with Gasteiger partial charge >= 0.3 is 18.2 Å². The summed E-state index contributed by atoms with van der Waals surface area (Å²) in [5.41, 5.74) is 1.23. The topological polar surface area (TPSA) is 101 Å². The lowest BCUT2D eigenvalue weighted by molar-refractivity contribution is -0.149. The van der Waals surface area contributed by atoms with Gasteiger partial charge in [-0.15, -0.1) is 0 Å². The van der Waals surface area contributed by atoms with Crippen molar-refractivity contribution in [3.63, 3.8) is 0 Å². The number of esters is 1. The van der Waals surface area contributed by atoms with Crippen LogP contribution >= 0.6 is 0 Å². The number of aryl methyl sites for hydroxylation is 2. The Labute approximate surface area is 225 Å². The highest BCUT2D eigenvalue weighted by molar-refractivity contribution is 5.99. The molecule has 1 aromatic carbocycles. The number of carbonyl (C=O) groups is 3. The number of benzene rings is 1. The summed E-state index contributed by atoms with van der Waals surface area (Å²) in [4.78, 5) is 44.3. The van der Waals surface area contributed by atoms with Crippen LogP contribution in [-0.2, 0) is 33.3 Å². The van der Waals surface area contributed by atoms with Crippen molar-refractivity contribution in [1.82, 2.24) is 9.88 Å². The van der Waals surface area contributed by atoms with Crippen LogP contribution in [0.25, 0.3) is 0 Å². The number of carbonyl (C=O) groups excluding carboxylic acids is 3. The third-order valence-corrected chi connectivity index (χ3v) is 7.19. The number of alkyl halides is 3. The first-order valence-electron chi connectivity index (χ1n) is 13.3. The molecule has 8 nitrogen and oxygen atoms in total. The van der Waals surface area contributed by atoms with E-state index in [1.165, 1.54) is 24.0 Å². The summed E-state index contributed by atoms with van der Waals surface area (Å²) >= 11 is 0. The van der Waals surface area contributed by atoms with Gasteiger partial charge < -0.3 is 20.3 Å². The standard InChI is InChI=1S/C28H33F3N4O4/c1-3-4-14-39-26(37)19-7-11-22-18(16-19)8-12-24(33-22)34-25(36)23-6-5-13-35(23)27(38)32-20-9-10-21(17(2)15-20)28(29,30)31/h8-10,12,15,19,23H,3-7,11,13-14,16H2,1-2H3,(H,32,38)(H,33,34,36)/t19?,23-/m1/s1. The van der Waals surface area contributed by atoms with Crippen LogP contribution in [0.5, 0.6) is 0 Å². The first-order chi connectivity index (χ1) is 18.6. The normalized spacial score (nSPS) is 18.8. The molecule has 1 unspecified atom stereocenters. The predicted molar refractivity (Wildman–Crippen MR) is 139 cm³/mol. The van der Waals surface area contributed by atoms with Gasteiger partial charge in [0.1, 0.15) is 11.9 Å². The Balaban J connectivity index is 1.35. The third kappa shape index (κ3) is 6.88. The highest BCUT2D eigenvalue weighted by Crippen LogP contribution is 2.33. The number of halogens is 3. The Morgan fingerprint density at radius 1 is 1.13 bits per heavy atom. The number of aromatic nitrogens is 1. The zero-order chi connectivity index (χ0) is 28.2. The van der Waals surface area contributed by atoms with Gasteiger partial charge in [-0.25, -0.2) is 9.78 Å². The van der Waals surface area contributed by atoms with E-state index in [4.69, 9.17) is 4.74 Å². The Bertz CT molecular complexity index is 1230. The van der Waals surface area contributed by atoms with Gasteiger partial charge in [0.15, 0.2) is 0 Å². The summed E-state index contributed by atoms with van der Waals surface area (Å²) in [7, 11) is 0. The van der Waals surface area contributed by atoms with Crippen molar-refractivity contribution in [2.75, 3.05) is 23.8 Å². The van der Waals surface area contributed by atoms with E-state index in [-0.39, 0.29) is 29.0 Å². The molecular formula is C28H33F3N4O4. The van der Waals surface area contributed by atoms with Gasteiger partial charge in [-0.3, -0.25) is 9.59 Å². The molecule has 1 aliphatic heterocycles. The number of ether oxygens (including phenoxy) is 1. The van der Waals surface area contributed by atoms with Crippen LogP contribution in [0.1, 0.15) is 61.4 Å². The average Bonchev–Trinajstić information content (AvgIpc) is 3.38. The Morgan fingerprint density at radius 3 is 2.64 bits per heavy atom. The van der Waals surface area contributed by atoms with Gasteiger partial charge in [0.05, 0.1) is 18.1 Å². The molecule has 11 heteroatoms. The molecule has 0 bridgehead atoms. The van der Waals surface area contributed by atoms with Crippen molar-refractivity contribution < 1.29 is 32.3 Å². The molecular weight excluding hydrogens is 513 g/mol. The third-order valence-electron chi connectivity index (χ3n) is 7.19. The summed E-state index contributed by atoms with van der Waals surface area (Å²) in [6.07, 6.45) is 0.164. The molecule has 2 aromatic rings. The van der Waals surface area contributed by atoms with Crippen LogP contribution in [0.4, 0.5) is 29.5 Å². The number of pyridine rings is 1. The highest BCUT2D eigenvalue weighted by atomic mass is 19.4. The Kier molecular flexibility index (Phi) is 8.76.